The number of aromatic nitrogens is 2. The zero-order valence-electron chi connectivity index (χ0n) is 11.9. The molecule has 0 amide bonds. The molecule has 2 aromatic rings. The molecule has 1 heterocycles. The van der Waals surface area contributed by atoms with Crippen molar-refractivity contribution >= 4 is 0 Å². The second kappa shape index (κ2) is 5.89. The predicted octanol–water partition coefficient (Wildman–Crippen LogP) is 3.14. The monoisotopic (exact) mass is 259 g/mol. The summed E-state index contributed by atoms with van der Waals surface area (Å²) in [6, 6.07) is 6.74. The van der Waals surface area contributed by atoms with Gasteiger partial charge >= 0.3 is 0 Å². The number of nitrogens with zero attached hydrogens (tertiary/aromatic N) is 1. The quantitative estimate of drug-likeness (QED) is 0.867. The Morgan fingerprint density at radius 3 is 2.68 bits per heavy atom. The lowest BCUT2D eigenvalue weighted by atomic mass is 10.0. The Labute approximate surface area is 114 Å². The summed E-state index contributed by atoms with van der Waals surface area (Å²) in [5.74, 6) is 0.930. The first-order chi connectivity index (χ1) is 9.11. The van der Waals surface area contributed by atoms with Gasteiger partial charge in [0.25, 0.3) is 0 Å². The van der Waals surface area contributed by atoms with Crippen LogP contribution in [0.25, 0.3) is 0 Å². The fourth-order valence-corrected chi connectivity index (χ4v) is 2.23. The summed E-state index contributed by atoms with van der Waals surface area (Å²) in [6.45, 7) is 6.34. The number of benzene rings is 1. The molecule has 0 saturated carbocycles. The number of aromatic amines is 1. The van der Waals surface area contributed by atoms with Gasteiger partial charge in [-0.25, -0.2) is 0 Å². The third-order valence-electron chi connectivity index (χ3n) is 3.37. The van der Waals surface area contributed by atoms with Crippen LogP contribution in [-0.2, 0) is 0 Å². The van der Waals surface area contributed by atoms with Gasteiger partial charge < -0.3 is 10.1 Å². The molecule has 0 aliphatic carbocycles. The van der Waals surface area contributed by atoms with E-state index in [0.29, 0.717) is 0 Å². The van der Waals surface area contributed by atoms with Gasteiger partial charge in [-0.05, 0) is 32.4 Å². The lowest BCUT2D eigenvalue weighted by molar-refractivity contribution is 0.396. The third kappa shape index (κ3) is 3.15. The summed E-state index contributed by atoms with van der Waals surface area (Å²) in [4.78, 5) is 0. The highest BCUT2D eigenvalue weighted by Gasteiger charge is 2.15. The van der Waals surface area contributed by atoms with Crippen LogP contribution < -0.4 is 10.1 Å². The lowest BCUT2D eigenvalue weighted by Gasteiger charge is -2.21. The van der Waals surface area contributed by atoms with Crippen LogP contribution in [-0.4, -0.2) is 17.3 Å². The Bertz CT molecular complexity index is 522. The van der Waals surface area contributed by atoms with Crippen molar-refractivity contribution in [1.82, 2.24) is 15.5 Å². The van der Waals surface area contributed by atoms with Crippen molar-refractivity contribution in [2.24, 2.45) is 0 Å². The highest BCUT2D eigenvalue weighted by atomic mass is 16.5. The molecule has 0 radical (unpaired) electrons. The van der Waals surface area contributed by atoms with Gasteiger partial charge in [0, 0.05) is 29.4 Å². The number of rotatable bonds is 5. The van der Waals surface area contributed by atoms with Gasteiger partial charge in [0.05, 0.1) is 13.3 Å². The number of ether oxygens (including phenoxy) is 1. The maximum absolute atomic E-state index is 5.46. The van der Waals surface area contributed by atoms with Gasteiger partial charge in [-0.1, -0.05) is 12.1 Å². The van der Waals surface area contributed by atoms with E-state index in [9.17, 15) is 0 Å². The second-order valence-corrected chi connectivity index (χ2v) is 4.89. The Kier molecular flexibility index (Phi) is 4.22. The molecule has 2 rings (SSSR count). The van der Waals surface area contributed by atoms with E-state index in [1.807, 2.05) is 12.4 Å². The molecule has 1 aromatic carbocycles. The maximum atomic E-state index is 5.46. The summed E-state index contributed by atoms with van der Waals surface area (Å²) in [6.07, 6.45) is 3.76. The summed E-state index contributed by atoms with van der Waals surface area (Å²) in [5, 5.41) is 10.4. The molecule has 4 nitrogen and oxygen atoms in total. The van der Waals surface area contributed by atoms with Gasteiger partial charge in [-0.3, -0.25) is 5.10 Å². The molecule has 1 aromatic heterocycles. The van der Waals surface area contributed by atoms with E-state index in [1.165, 1.54) is 11.1 Å². The molecule has 102 valence electrons. The fourth-order valence-electron chi connectivity index (χ4n) is 2.23. The molecule has 0 saturated heterocycles. The largest absolute Gasteiger partial charge is 0.496 e. The van der Waals surface area contributed by atoms with E-state index < -0.39 is 0 Å². The Balaban J connectivity index is 2.13. The van der Waals surface area contributed by atoms with Crippen molar-refractivity contribution in [3.63, 3.8) is 0 Å². The van der Waals surface area contributed by atoms with Crippen LogP contribution >= 0.6 is 0 Å². The van der Waals surface area contributed by atoms with Crippen LogP contribution in [0.3, 0.4) is 0 Å². The minimum absolute atomic E-state index is 0.209. The average Bonchev–Trinajstić information content (AvgIpc) is 2.92. The van der Waals surface area contributed by atoms with Crippen molar-refractivity contribution in [2.45, 2.75) is 32.9 Å². The van der Waals surface area contributed by atoms with Crippen LogP contribution in [0.1, 0.15) is 42.6 Å². The first kappa shape index (κ1) is 13.6. The number of methoxy groups -OCH3 is 1. The van der Waals surface area contributed by atoms with Gasteiger partial charge in [0.2, 0.25) is 0 Å². The standard InChI is InChI=1S/C15H21N3O/c1-10-5-6-14(15(7-10)19-4)12(3)18-11(2)13-8-16-17-9-13/h5-9,11-12,18H,1-4H3,(H,16,17). The van der Waals surface area contributed by atoms with Crippen LogP contribution in [0.4, 0.5) is 0 Å². The van der Waals surface area contributed by atoms with E-state index in [2.05, 4.69) is 54.5 Å². The Morgan fingerprint density at radius 1 is 1.26 bits per heavy atom. The average molecular weight is 259 g/mol. The number of H-pyrrole nitrogens is 1. The minimum Gasteiger partial charge on any atom is -0.496 e. The normalized spacial score (nSPS) is 14.1. The molecule has 19 heavy (non-hydrogen) atoms. The molecule has 0 spiro atoms. The van der Waals surface area contributed by atoms with Crippen molar-refractivity contribution in [3.05, 3.63) is 47.3 Å². The third-order valence-corrected chi connectivity index (χ3v) is 3.37. The lowest BCUT2D eigenvalue weighted by Crippen LogP contribution is -2.22. The Morgan fingerprint density at radius 2 is 2.05 bits per heavy atom. The molecule has 2 unspecified atom stereocenters. The first-order valence-electron chi connectivity index (χ1n) is 6.51. The number of hydrogen-bond acceptors (Lipinski definition) is 3. The summed E-state index contributed by atoms with van der Waals surface area (Å²) >= 11 is 0. The highest BCUT2D eigenvalue weighted by Crippen LogP contribution is 2.27. The zero-order chi connectivity index (χ0) is 13.8. The smallest absolute Gasteiger partial charge is 0.123 e. The maximum Gasteiger partial charge on any atom is 0.123 e. The van der Waals surface area contributed by atoms with Crippen LogP contribution in [0.15, 0.2) is 30.6 Å². The van der Waals surface area contributed by atoms with E-state index in [4.69, 9.17) is 4.74 Å². The minimum atomic E-state index is 0.209. The molecular weight excluding hydrogens is 238 g/mol. The first-order valence-corrected chi connectivity index (χ1v) is 6.51. The number of hydrogen-bond donors (Lipinski definition) is 2. The molecule has 0 fully saturated rings. The van der Waals surface area contributed by atoms with Crippen LogP contribution in [0.5, 0.6) is 5.75 Å². The number of aryl methyl sites for hydroxylation is 1. The van der Waals surface area contributed by atoms with E-state index in [-0.39, 0.29) is 12.1 Å². The van der Waals surface area contributed by atoms with Crippen molar-refractivity contribution in [3.8, 4) is 5.75 Å². The summed E-state index contributed by atoms with van der Waals surface area (Å²) in [7, 11) is 1.71. The summed E-state index contributed by atoms with van der Waals surface area (Å²) < 4.78 is 5.46. The van der Waals surface area contributed by atoms with E-state index >= 15 is 0 Å². The molecule has 0 aliphatic rings. The number of nitrogens with one attached hydrogen (secondary N) is 2. The van der Waals surface area contributed by atoms with Crippen LogP contribution in [0.2, 0.25) is 0 Å². The van der Waals surface area contributed by atoms with Gasteiger partial charge in [0.15, 0.2) is 0 Å². The molecule has 0 bridgehead atoms. The second-order valence-electron chi connectivity index (χ2n) is 4.89. The molecular formula is C15H21N3O. The Hall–Kier alpha value is -1.81. The molecule has 2 N–H and O–H groups in total. The van der Waals surface area contributed by atoms with Crippen molar-refractivity contribution < 1.29 is 4.74 Å². The van der Waals surface area contributed by atoms with Crippen molar-refractivity contribution in [2.75, 3.05) is 7.11 Å². The molecule has 4 heteroatoms. The predicted molar refractivity (Wildman–Crippen MR) is 76.3 cm³/mol. The van der Waals surface area contributed by atoms with E-state index in [1.54, 1.807) is 7.11 Å². The van der Waals surface area contributed by atoms with E-state index in [0.717, 1.165) is 11.3 Å². The summed E-state index contributed by atoms with van der Waals surface area (Å²) in [5.41, 5.74) is 3.53. The van der Waals surface area contributed by atoms with Crippen LogP contribution in [0, 0.1) is 6.92 Å². The zero-order valence-corrected chi connectivity index (χ0v) is 11.9. The van der Waals surface area contributed by atoms with Gasteiger partial charge in [0.1, 0.15) is 5.75 Å². The highest BCUT2D eigenvalue weighted by molar-refractivity contribution is 5.39. The molecule has 2 atom stereocenters. The fraction of sp³-hybridized carbons (Fsp3) is 0.400. The molecule has 0 aliphatic heterocycles. The van der Waals surface area contributed by atoms with Crippen molar-refractivity contribution in [1.29, 1.82) is 0 Å². The van der Waals surface area contributed by atoms with Gasteiger partial charge in [-0.15, -0.1) is 0 Å². The topological polar surface area (TPSA) is 49.9 Å². The SMILES string of the molecule is COc1cc(C)ccc1C(C)NC(C)c1cn[nH]c1. The van der Waals surface area contributed by atoms with Gasteiger partial charge in [-0.2, -0.15) is 5.10 Å².